The lowest BCUT2D eigenvalue weighted by atomic mass is 10.1. The monoisotopic (exact) mass is 339 g/mol. The lowest BCUT2D eigenvalue weighted by Crippen LogP contribution is -2.40. The maximum absolute atomic E-state index is 12.1. The first-order valence-electron chi connectivity index (χ1n) is 7.82. The minimum Gasteiger partial charge on any atom is -0.267 e. The van der Waals surface area contributed by atoms with Crippen molar-refractivity contribution in [3.05, 3.63) is 30.1 Å². The Morgan fingerprint density at radius 3 is 2.59 bits per heavy atom. The number of nitrogens with two attached hydrogens (primary N) is 1. The Balaban J connectivity index is 2.18. The number of nitrogens with zero attached hydrogens (tertiary/aromatic N) is 2. The first-order chi connectivity index (χ1) is 10.7. The number of thioether (sulfide) groups is 1. The lowest BCUT2D eigenvalue weighted by molar-refractivity contribution is 0.0852. The number of hydrogen-bond acceptors (Lipinski definition) is 5. The molecule has 0 radical (unpaired) electrons. The molecule has 2 N–H and O–H groups in total. The van der Waals surface area contributed by atoms with Gasteiger partial charge >= 0.3 is 0 Å². The molecule has 0 aliphatic heterocycles. The van der Waals surface area contributed by atoms with Crippen molar-refractivity contribution in [2.75, 3.05) is 5.75 Å². The van der Waals surface area contributed by atoms with Gasteiger partial charge in [0.2, 0.25) is 0 Å². The summed E-state index contributed by atoms with van der Waals surface area (Å²) in [5.41, 5.74) is 0.448. The molecule has 0 aliphatic rings. The van der Waals surface area contributed by atoms with Crippen LogP contribution in [0.2, 0.25) is 0 Å². The number of thiocarbonyl (C=S) groups is 1. The predicted octanol–water partition coefficient (Wildman–Crippen LogP) is 4.17. The second-order valence-electron chi connectivity index (χ2n) is 5.15. The summed E-state index contributed by atoms with van der Waals surface area (Å²) >= 11 is 6.68. The number of amides is 1. The van der Waals surface area contributed by atoms with Crippen molar-refractivity contribution in [1.29, 1.82) is 0 Å². The number of hydrazine groups is 1. The van der Waals surface area contributed by atoms with Crippen molar-refractivity contribution in [3.8, 4) is 0 Å². The van der Waals surface area contributed by atoms with Crippen LogP contribution in [0.1, 0.15) is 62.2 Å². The van der Waals surface area contributed by atoms with Gasteiger partial charge in [0.25, 0.3) is 5.91 Å². The van der Waals surface area contributed by atoms with Crippen LogP contribution in [0.15, 0.2) is 24.5 Å². The molecular formula is C16H25N3OS2. The Kier molecular flexibility index (Phi) is 10.0. The zero-order chi connectivity index (χ0) is 16.2. The second kappa shape index (κ2) is 11.6. The fourth-order valence-electron chi connectivity index (χ4n) is 2.00. The summed E-state index contributed by atoms with van der Waals surface area (Å²) in [5, 5.41) is 1.04. The van der Waals surface area contributed by atoms with Gasteiger partial charge < -0.3 is 0 Å². The number of carbonyl (C=O) groups is 1. The summed E-state index contributed by atoms with van der Waals surface area (Å²) in [6.07, 6.45) is 11.9. The number of pyridine rings is 1. The van der Waals surface area contributed by atoms with E-state index in [9.17, 15) is 4.79 Å². The normalized spacial score (nSPS) is 10.5. The van der Waals surface area contributed by atoms with Gasteiger partial charge in [-0.05, 0) is 18.6 Å². The molecule has 0 fully saturated rings. The fourth-order valence-corrected chi connectivity index (χ4v) is 3.08. The number of carbonyl (C=O) groups excluding carboxylic acids is 1. The Bertz CT molecular complexity index is 454. The zero-order valence-corrected chi connectivity index (χ0v) is 14.8. The van der Waals surface area contributed by atoms with Gasteiger partial charge in [-0.1, -0.05) is 69.4 Å². The summed E-state index contributed by atoms with van der Waals surface area (Å²) in [5.74, 6) is 6.37. The third kappa shape index (κ3) is 7.33. The van der Waals surface area contributed by atoms with Crippen LogP contribution >= 0.6 is 24.0 Å². The molecule has 122 valence electrons. The van der Waals surface area contributed by atoms with E-state index >= 15 is 0 Å². The second-order valence-corrected chi connectivity index (χ2v) is 6.88. The third-order valence-electron chi connectivity index (χ3n) is 3.30. The highest BCUT2D eigenvalue weighted by molar-refractivity contribution is 8.22. The van der Waals surface area contributed by atoms with E-state index in [1.54, 1.807) is 18.3 Å². The molecule has 22 heavy (non-hydrogen) atoms. The van der Waals surface area contributed by atoms with E-state index in [1.807, 2.05) is 0 Å². The summed E-state index contributed by atoms with van der Waals surface area (Å²) in [7, 11) is 0. The molecule has 1 amide bonds. The van der Waals surface area contributed by atoms with Crippen LogP contribution in [0.3, 0.4) is 0 Å². The quantitative estimate of drug-likeness (QED) is 0.241. The Morgan fingerprint density at radius 1 is 1.27 bits per heavy atom. The van der Waals surface area contributed by atoms with Crippen molar-refractivity contribution in [2.24, 2.45) is 5.84 Å². The van der Waals surface area contributed by atoms with Crippen LogP contribution in [0.25, 0.3) is 0 Å². The SMILES string of the molecule is CCCCCCCCCSC(=S)N(N)C(=O)c1cccnc1. The average molecular weight is 340 g/mol. The lowest BCUT2D eigenvalue weighted by Gasteiger charge is -2.16. The molecule has 0 atom stereocenters. The molecule has 1 heterocycles. The third-order valence-corrected chi connectivity index (χ3v) is 4.78. The van der Waals surface area contributed by atoms with Gasteiger partial charge in [0.15, 0.2) is 4.32 Å². The number of hydrogen-bond donors (Lipinski definition) is 1. The Hall–Kier alpha value is -0.980. The molecule has 1 aromatic rings. The van der Waals surface area contributed by atoms with E-state index in [4.69, 9.17) is 18.1 Å². The average Bonchev–Trinajstić information content (AvgIpc) is 2.56. The summed E-state index contributed by atoms with van der Waals surface area (Å²) in [6, 6.07) is 3.38. The standard InChI is InChI=1S/C16H25N3OS2/c1-2-3-4-5-6-7-8-12-22-16(21)19(17)15(20)14-10-9-11-18-13-14/h9-11,13H,2-8,12,17H2,1H3. The molecule has 6 heteroatoms. The van der Waals surface area contributed by atoms with Crippen molar-refractivity contribution in [2.45, 2.75) is 51.9 Å². The predicted molar refractivity (Wildman–Crippen MR) is 97.6 cm³/mol. The van der Waals surface area contributed by atoms with Gasteiger partial charge in [0.05, 0.1) is 5.56 Å². The van der Waals surface area contributed by atoms with Crippen LogP contribution < -0.4 is 5.84 Å². The topological polar surface area (TPSA) is 59.2 Å². The van der Waals surface area contributed by atoms with Crippen molar-refractivity contribution in [1.82, 2.24) is 9.99 Å². The molecule has 4 nitrogen and oxygen atoms in total. The van der Waals surface area contributed by atoms with Crippen molar-refractivity contribution >= 4 is 34.2 Å². The molecule has 0 bridgehead atoms. The highest BCUT2D eigenvalue weighted by Crippen LogP contribution is 2.14. The van der Waals surface area contributed by atoms with E-state index < -0.39 is 0 Å². The summed E-state index contributed by atoms with van der Waals surface area (Å²) in [6.45, 7) is 2.23. The highest BCUT2D eigenvalue weighted by atomic mass is 32.2. The number of aromatic nitrogens is 1. The van der Waals surface area contributed by atoms with Crippen LogP contribution in [0.5, 0.6) is 0 Å². The number of rotatable bonds is 9. The zero-order valence-electron chi connectivity index (χ0n) is 13.2. The van der Waals surface area contributed by atoms with Crippen LogP contribution in [0, 0.1) is 0 Å². The van der Waals surface area contributed by atoms with Gasteiger partial charge in [-0.25, -0.2) is 10.9 Å². The van der Waals surface area contributed by atoms with E-state index in [2.05, 4.69) is 11.9 Å². The van der Waals surface area contributed by atoms with Gasteiger partial charge in [0, 0.05) is 18.1 Å². The fraction of sp³-hybridized carbons (Fsp3) is 0.562. The van der Waals surface area contributed by atoms with Gasteiger partial charge in [-0.15, -0.1) is 0 Å². The molecule has 1 rings (SSSR count). The molecule has 0 unspecified atom stereocenters. The molecule has 0 saturated carbocycles. The van der Waals surface area contributed by atoms with Crippen molar-refractivity contribution < 1.29 is 4.79 Å². The van der Waals surface area contributed by atoms with E-state index in [0.717, 1.165) is 17.2 Å². The highest BCUT2D eigenvalue weighted by Gasteiger charge is 2.16. The largest absolute Gasteiger partial charge is 0.275 e. The molecule has 0 spiro atoms. The molecule has 0 aromatic carbocycles. The summed E-state index contributed by atoms with van der Waals surface area (Å²) < 4.78 is 0.417. The van der Waals surface area contributed by atoms with Crippen molar-refractivity contribution in [3.63, 3.8) is 0 Å². The van der Waals surface area contributed by atoms with E-state index in [0.29, 0.717) is 9.88 Å². The Morgan fingerprint density at radius 2 is 1.95 bits per heavy atom. The van der Waals surface area contributed by atoms with Crippen LogP contribution in [-0.2, 0) is 0 Å². The minimum absolute atomic E-state index is 0.315. The van der Waals surface area contributed by atoms with Gasteiger partial charge in [-0.2, -0.15) is 0 Å². The van der Waals surface area contributed by atoms with Crippen LogP contribution in [-0.4, -0.2) is 26.0 Å². The molecule has 0 aliphatic carbocycles. The van der Waals surface area contributed by atoms with Crippen LogP contribution in [0.4, 0.5) is 0 Å². The minimum atomic E-state index is -0.315. The molecular weight excluding hydrogens is 314 g/mol. The maximum Gasteiger partial charge on any atom is 0.275 e. The van der Waals surface area contributed by atoms with E-state index in [-0.39, 0.29) is 5.91 Å². The molecule has 1 aromatic heterocycles. The Labute approximate surface area is 142 Å². The maximum atomic E-state index is 12.1. The van der Waals surface area contributed by atoms with E-state index in [1.165, 1.54) is 56.5 Å². The first-order valence-corrected chi connectivity index (χ1v) is 9.22. The van der Waals surface area contributed by atoms with Gasteiger partial charge in [0.1, 0.15) is 0 Å². The van der Waals surface area contributed by atoms with Gasteiger partial charge in [-0.3, -0.25) is 9.78 Å². The summed E-state index contributed by atoms with van der Waals surface area (Å²) in [4.78, 5) is 16.0. The smallest absolute Gasteiger partial charge is 0.267 e. The number of unbranched alkanes of at least 4 members (excludes halogenated alkanes) is 6. The molecule has 0 saturated heterocycles. The first kappa shape index (κ1) is 19.1.